The van der Waals surface area contributed by atoms with E-state index in [0.717, 1.165) is 17.1 Å². The predicted octanol–water partition coefficient (Wildman–Crippen LogP) is 18.3. The molecule has 0 aliphatic carbocycles. The Kier molecular flexibility index (Phi) is 10.3. The second kappa shape index (κ2) is 16.8. The van der Waals surface area contributed by atoms with Crippen LogP contribution in [0.15, 0.2) is 237 Å². The van der Waals surface area contributed by atoms with E-state index in [4.69, 9.17) is 0 Å². The number of fused-ring (bicyclic) bond motifs is 4. The number of hydrogen-bond acceptors (Lipinski definition) is 2. The molecular formula is C62H45NS. The highest BCUT2D eigenvalue weighted by Crippen LogP contribution is 2.46. The Hall–Kier alpha value is -7.78. The van der Waals surface area contributed by atoms with Gasteiger partial charge in [-0.15, -0.1) is 11.3 Å². The molecule has 0 atom stereocenters. The van der Waals surface area contributed by atoms with E-state index in [2.05, 4.69) is 255 Å². The summed E-state index contributed by atoms with van der Waals surface area (Å²) >= 11 is 1.84. The molecule has 0 unspecified atom stereocenters. The zero-order valence-electron chi connectivity index (χ0n) is 35.9. The monoisotopic (exact) mass is 835 g/mol. The van der Waals surface area contributed by atoms with Crippen molar-refractivity contribution in [1.82, 2.24) is 0 Å². The van der Waals surface area contributed by atoms with Gasteiger partial charge in [0, 0.05) is 26.8 Å². The van der Waals surface area contributed by atoms with Crippen LogP contribution in [0.2, 0.25) is 0 Å². The highest BCUT2D eigenvalue weighted by atomic mass is 32.1. The molecule has 64 heavy (non-hydrogen) atoms. The van der Waals surface area contributed by atoms with Crippen LogP contribution in [0.5, 0.6) is 0 Å². The van der Waals surface area contributed by atoms with Gasteiger partial charge in [-0.25, -0.2) is 0 Å². The van der Waals surface area contributed by atoms with E-state index in [1.807, 2.05) is 11.3 Å². The van der Waals surface area contributed by atoms with Crippen LogP contribution >= 0.6 is 11.3 Å². The molecule has 0 bridgehead atoms. The summed E-state index contributed by atoms with van der Waals surface area (Å²) in [6.45, 7) is 4.46. The Bertz CT molecular complexity index is 3520. The number of allylic oxidation sites excluding steroid dienone is 4. The van der Waals surface area contributed by atoms with Gasteiger partial charge in [-0.05, 0) is 168 Å². The first-order valence-corrected chi connectivity index (χ1v) is 22.8. The summed E-state index contributed by atoms with van der Waals surface area (Å²) in [4.78, 5) is 4.82. The third-order valence-corrected chi connectivity index (χ3v) is 13.8. The van der Waals surface area contributed by atoms with Gasteiger partial charge in [-0.3, -0.25) is 0 Å². The lowest BCUT2D eigenvalue weighted by atomic mass is 9.84. The van der Waals surface area contributed by atoms with Crippen LogP contribution in [0.3, 0.4) is 0 Å². The maximum Gasteiger partial charge on any atom is 0.0462 e. The number of hydrogen-bond donors (Lipinski definition) is 0. The summed E-state index contributed by atoms with van der Waals surface area (Å²) in [5, 5.41) is 10.0. The first-order chi connectivity index (χ1) is 31.6. The SMILES string of the molecule is C/C(=C\C=C(/C)c1ccc(-c2ccc(N(c3ccccc3)c3ccccc3)cc2)s1)c1ccc2c(-c3ccc4ccccc4c3)c3ccccc3c(-c3ccc4ccccc4c3)c2c1. The van der Waals surface area contributed by atoms with E-state index < -0.39 is 0 Å². The average molecular weight is 836 g/mol. The van der Waals surface area contributed by atoms with Gasteiger partial charge < -0.3 is 4.90 Å². The van der Waals surface area contributed by atoms with Crippen LogP contribution < -0.4 is 4.90 Å². The Morgan fingerprint density at radius 3 is 1.42 bits per heavy atom. The van der Waals surface area contributed by atoms with E-state index in [9.17, 15) is 0 Å². The molecule has 10 aromatic carbocycles. The fourth-order valence-electron chi connectivity index (χ4n) is 9.24. The molecule has 1 aromatic heterocycles. The molecular weight excluding hydrogens is 791 g/mol. The number of benzene rings is 10. The average Bonchev–Trinajstić information content (AvgIpc) is 3.86. The molecule has 304 valence electrons. The van der Waals surface area contributed by atoms with Crippen molar-refractivity contribution in [3.05, 3.63) is 247 Å². The third-order valence-electron chi connectivity index (χ3n) is 12.6. The van der Waals surface area contributed by atoms with Crippen molar-refractivity contribution in [3.8, 4) is 32.7 Å². The minimum atomic E-state index is 1.13. The topological polar surface area (TPSA) is 3.24 Å². The molecule has 0 N–H and O–H groups in total. The van der Waals surface area contributed by atoms with Gasteiger partial charge in [0.05, 0.1) is 0 Å². The standard InChI is InChI=1S/C62H45NS/c1-42(25-26-43(2)59-37-38-60(64-59)46-31-34-54(35-32-46)63(52-19-5-3-6-20-52)53-21-7-4-8-22-53)47-33-36-57-58(41-47)62(51-30-28-45-16-10-12-18-49(45)40-51)56-24-14-13-23-55(56)61(57)50-29-27-44-15-9-11-17-48(44)39-50/h3-41H,1-2H3/b42-25+,43-26+. The number of nitrogens with zero attached hydrogens (tertiary/aromatic N) is 1. The van der Waals surface area contributed by atoms with Crippen LogP contribution in [-0.4, -0.2) is 0 Å². The Morgan fingerprint density at radius 2 is 0.828 bits per heavy atom. The lowest BCUT2D eigenvalue weighted by molar-refractivity contribution is 1.28. The number of rotatable bonds is 9. The van der Waals surface area contributed by atoms with Crippen LogP contribution in [0.4, 0.5) is 17.1 Å². The van der Waals surface area contributed by atoms with Crippen molar-refractivity contribution in [2.75, 3.05) is 4.90 Å². The van der Waals surface area contributed by atoms with Crippen molar-refractivity contribution in [2.45, 2.75) is 13.8 Å². The Labute approximate surface area is 379 Å². The maximum absolute atomic E-state index is 2.43. The van der Waals surface area contributed by atoms with Crippen LogP contribution in [-0.2, 0) is 0 Å². The van der Waals surface area contributed by atoms with E-state index in [1.165, 1.54) is 97.4 Å². The quantitative estimate of drug-likeness (QED) is 0.103. The first-order valence-electron chi connectivity index (χ1n) is 22.0. The normalized spacial score (nSPS) is 12.1. The molecule has 0 saturated carbocycles. The van der Waals surface area contributed by atoms with Crippen LogP contribution in [0, 0.1) is 0 Å². The van der Waals surface area contributed by atoms with Crippen LogP contribution in [0.25, 0.3) is 86.9 Å². The van der Waals surface area contributed by atoms with E-state index in [-0.39, 0.29) is 0 Å². The molecule has 11 rings (SSSR count). The highest BCUT2D eigenvalue weighted by molar-refractivity contribution is 7.16. The second-order valence-corrected chi connectivity index (χ2v) is 17.7. The number of thiophene rings is 1. The molecule has 0 amide bonds. The summed E-state index contributed by atoms with van der Waals surface area (Å²) in [5.41, 5.74) is 13.3. The molecule has 0 saturated heterocycles. The molecule has 1 heterocycles. The van der Waals surface area contributed by atoms with E-state index >= 15 is 0 Å². The minimum Gasteiger partial charge on any atom is -0.311 e. The molecule has 0 aliphatic rings. The van der Waals surface area contributed by atoms with E-state index in [0.29, 0.717) is 0 Å². The Balaban J connectivity index is 0.956. The lowest BCUT2D eigenvalue weighted by Gasteiger charge is -2.25. The fourth-order valence-corrected chi connectivity index (χ4v) is 10.2. The van der Waals surface area contributed by atoms with Gasteiger partial charge >= 0.3 is 0 Å². The van der Waals surface area contributed by atoms with Gasteiger partial charge in [0.15, 0.2) is 0 Å². The molecule has 11 aromatic rings. The van der Waals surface area contributed by atoms with Gasteiger partial charge in [0.25, 0.3) is 0 Å². The molecule has 2 heteroatoms. The lowest BCUT2D eigenvalue weighted by Crippen LogP contribution is -2.09. The van der Waals surface area contributed by atoms with Crippen LogP contribution in [0.1, 0.15) is 24.3 Å². The summed E-state index contributed by atoms with van der Waals surface area (Å²) in [6.07, 6.45) is 4.56. The van der Waals surface area contributed by atoms with Crippen molar-refractivity contribution in [2.24, 2.45) is 0 Å². The second-order valence-electron chi connectivity index (χ2n) is 16.6. The largest absolute Gasteiger partial charge is 0.311 e. The zero-order chi connectivity index (χ0) is 43.0. The molecule has 0 aliphatic heterocycles. The molecule has 0 fully saturated rings. The van der Waals surface area contributed by atoms with Gasteiger partial charge in [-0.2, -0.15) is 0 Å². The fraction of sp³-hybridized carbons (Fsp3) is 0.0323. The summed E-state index contributed by atoms with van der Waals surface area (Å²) in [5.74, 6) is 0. The van der Waals surface area contributed by atoms with E-state index in [1.54, 1.807) is 0 Å². The van der Waals surface area contributed by atoms with Gasteiger partial charge in [-0.1, -0.05) is 170 Å². The molecule has 1 nitrogen and oxygen atoms in total. The zero-order valence-corrected chi connectivity index (χ0v) is 36.7. The molecule has 0 radical (unpaired) electrons. The maximum atomic E-state index is 2.43. The summed E-state index contributed by atoms with van der Waals surface area (Å²) in [6, 6.07) is 81.8. The third kappa shape index (κ3) is 7.38. The van der Waals surface area contributed by atoms with Crippen molar-refractivity contribution >= 4 is 82.6 Å². The smallest absolute Gasteiger partial charge is 0.0462 e. The Morgan fingerprint density at radius 1 is 0.359 bits per heavy atom. The predicted molar refractivity (Wildman–Crippen MR) is 279 cm³/mol. The number of para-hydroxylation sites is 2. The van der Waals surface area contributed by atoms with Crippen molar-refractivity contribution < 1.29 is 0 Å². The summed E-state index contributed by atoms with van der Waals surface area (Å²) in [7, 11) is 0. The minimum absolute atomic E-state index is 1.13. The molecule has 0 spiro atoms. The first kappa shape index (κ1) is 39.1. The number of anilines is 3. The van der Waals surface area contributed by atoms with Gasteiger partial charge in [0.2, 0.25) is 0 Å². The van der Waals surface area contributed by atoms with Crippen molar-refractivity contribution in [1.29, 1.82) is 0 Å². The van der Waals surface area contributed by atoms with Crippen molar-refractivity contribution in [3.63, 3.8) is 0 Å². The van der Waals surface area contributed by atoms with Gasteiger partial charge in [0.1, 0.15) is 0 Å². The summed E-state index contributed by atoms with van der Waals surface area (Å²) < 4.78 is 0. The highest BCUT2D eigenvalue weighted by Gasteiger charge is 2.19.